The number of ether oxygens (including phenoxy) is 1. The van der Waals surface area contributed by atoms with Crippen LogP contribution >= 0.6 is 0 Å². The number of hydrogen-bond donors (Lipinski definition) is 1. The molecule has 7 nitrogen and oxygen atoms in total. The standard InChI is InChI=1S/C15H27N3O4S/c1-22-12-11-17(9-4-8-16)23(20,21)18-10-7-15(19)6-3-2-5-14(15)13-18/h14,19H,2-7,9-13H2,1H3/t14-,15-/m0/s1. The lowest BCUT2D eigenvalue weighted by molar-refractivity contribution is -0.0823. The molecular weight excluding hydrogens is 318 g/mol. The molecule has 1 aliphatic heterocycles. The van der Waals surface area contributed by atoms with Crippen LogP contribution in [0.15, 0.2) is 0 Å². The summed E-state index contributed by atoms with van der Waals surface area (Å²) in [6, 6.07) is 2.00. The van der Waals surface area contributed by atoms with Crippen LogP contribution in [0.25, 0.3) is 0 Å². The van der Waals surface area contributed by atoms with Gasteiger partial charge < -0.3 is 9.84 Å². The SMILES string of the molecule is COCCN(CCC#N)S(=O)(=O)N1CC[C@@]2(O)CCCC[C@H]2C1. The van der Waals surface area contributed by atoms with Gasteiger partial charge in [-0.15, -0.1) is 0 Å². The third-order valence-electron chi connectivity index (χ3n) is 5.06. The average Bonchev–Trinajstić information content (AvgIpc) is 2.53. The smallest absolute Gasteiger partial charge is 0.282 e. The lowest BCUT2D eigenvalue weighted by atomic mass is 9.72. The maximum Gasteiger partial charge on any atom is 0.282 e. The molecule has 1 aliphatic carbocycles. The fourth-order valence-electron chi connectivity index (χ4n) is 3.62. The first-order chi connectivity index (χ1) is 10.9. The number of fused-ring (bicyclic) bond motifs is 1. The highest BCUT2D eigenvalue weighted by Crippen LogP contribution is 2.40. The van der Waals surface area contributed by atoms with Gasteiger partial charge in [0.25, 0.3) is 10.2 Å². The van der Waals surface area contributed by atoms with Crippen LogP contribution in [0.4, 0.5) is 0 Å². The highest BCUT2D eigenvalue weighted by molar-refractivity contribution is 7.86. The second-order valence-electron chi connectivity index (χ2n) is 6.46. The zero-order valence-corrected chi connectivity index (χ0v) is 14.6. The van der Waals surface area contributed by atoms with Gasteiger partial charge in [0.15, 0.2) is 0 Å². The molecule has 1 N–H and O–H groups in total. The first-order valence-electron chi connectivity index (χ1n) is 8.27. The summed E-state index contributed by atoms with van der Waals surface area (Å²) in [6.07, 6.45) is 4.36. The Balaban J connectivity index is 2.09. The minimum absolute atomic E-state index is 0.0139. The molecule has 132 valence electrons. The molecule has 0 aromatic carbocycles. The molecule has 0 unspecified atom stereocenters. The van der Waals surface area contributed by atoms with Crippen LogP contribution in [-0.2, 0) is 14.9 Å². The minimum Gasteiger partial charge on any atom is -0.390 e. The molecule has 1 saturated heterocycles. The largest absolute Gasteiger partial charge is 0.390 e. The van der Waals surface area contributed by atoms with Gasteiger partial charge in [-0.1, -0.05) is 12.8 Å². The Morgan fingerprint density at radius 1 is 1.39 bits per heavy atom. The van der Waals surface area contributed by atoms with Crippen molar-refractivity contribution in [3.8, 4) is 6.07 Å². The molecule has 0 amide bonds. The summed E-state index contributed by atoms with van der Waals surface area (Å²) < 4.78 is 33.6. The van der Waals surface area contributed by atoms with Crippen LogP contribution < -0.4 is 0 Å². The summed E-state index contributed by atoms with van der Waals surface area (Å²) in [4.78, 5) is 0. The third-order valence-corrected chi connectivity index (χ3v) is 7.06. The maximum atomic E-state index is 12.9. The van der Waals surface area contributed by atoms with E-state index in [0.717, 1.165) is 25.7 Å². The number of hydrogen-bond acceptors (Lipinski definition) is 5. The number of aliphatic hydroxyl groups is 1. The van der Waals surface area contributed by atoms with Crippen LogP contribution in [0.1, 0.15) is 38.5 Å². The van der Waals surface area contributed by atoms with Gasteiger partial charge >= 0.3 is 0 Å². The number of rotatable bonds is 7. The van der Waals surface area contributed by atoms with Gasteiger partial charge in [-0.3, -0.25) is 0 Å². The Hall–Kier alpha value is -0.720. The van der Waals surface area contributed by atoms with Crippen LogP contribution in [0.3, 0.4) is 0 Å². The fraction of sp³-hybridized carbons (Fsp3) is 0.933. The minimum atomic E-state index is -3.62. The lowest BCUT2D eigenvalue weighted by Crippen LogP contribution is -2.57. The Labute approximate surface area is 139 Å². The van der Waals surface area contributed by atoms with Crippen LogP contribution in [-0.4, -0.2) is 67.6 Å². The van der Waals surface area contributed by atoms with E-state index in [9.17, 15) is 13.5 Å². The predicted molar refractivity (Wildman–Crippen MR) is 85.7 cm³/mol. The highest BCUT2D eigenvalue weighted by Gasteiger charge is 2.46. The number of nitriles is 1. The number of piperidine rings is 1. The topological polar surface area (TPSA) is 93.9 Å². The van der Waals surface area contributed by atoms with E-state index >= 15 is 0 Å². The first-order valence-corrected chi connectivity index (χ1v) is 9.67. The zero-order chi connectivity index (χ0) is 16.9. The quantitative estimate of drug-likeness (QED) is 0.734. The molecule has 1 saturated carbocycles. The summed E-state index contributed by atoms with van der Waals surface area (Å²) in [5, 5.41) is 19.5. The van der Waals surface area contributed by atoms with E-state index in [0.29, 0.717) is 26.1 Å². The van der Waals surface area contributed by atoms with Crippen molar-refractivity contribution in [3.05, 3.63) is 0 Å². The zero-order valence-electron chi connectivity index (χ0n) is 13.8. The van der Waals surface area contributed by atoms with Crippen molar-refractivity contribution in [1.29, 1.82) is 5.26 Å². The predicted octanol–water partition coefficient (Wildman–Crippen LogP) is 0.720. The van der Waals surface area contributed by atoms with Crippen LogP contribution in [0, 0.1) is 17.2 Å². The van der Waals surface area contributed by atoms with Crippen molar-refractivity contribution in [3.63, 3.8) is 0 Å². The van der Waals surface area contributed by atoms with Crippen molar-refractivity contribution in [1.82, 2.24) is 8.61 Å². The summed E-state index contributed by atoms with van der Waals surface area (Å²) in [5.74, 6) is 0.0139. The van der Waals surface area contributed by atoms with E-state index in [2.05, 4.69) is 0 Å². The van der Waals surface area contributed by atoms with Gasteiger partial charge in [-0.2, -0.15) is 22.3 Å². The van der Waals surface area contributed by atoms with Gasteiger partial charge in [-0.25, -0.2) is 0 Å². The van der Waals surface area contributed by atoms with Crippen LogP contribution in [0.5, 0.6) is 0 Å². The number of methoxy groups -OCH3 is 1. The van der Waals surface area contributed by atoms with Crippen molar-refractivity contribution < 1.29 is 18.3 Å². The number of nitrogens with zero attached hydrogens (tertiary/aromatic N) is 3. The molecule has 8 heteroatoms. The van der Waals surface area contributed by atoms with Gasteiger partial charge in [-0.05, 0) is 19.3 Å². The Morgan fingerprint density at radius 2 is 2.17 bits per heavy atom. The van der Waals surface area contributed by atoms with E-state index in [4.69, 9.17) is 10.00 Å². The molecule has 0 spiro atoms. The van der Waals surface area contributed by atoms with Crippen molar-refractivity contribution >= 4 is 10.2 Å². The molecular formula is C15H27N3O4S. The van der Waals surface area contributed by atoms with Crippen LogP contribution in [0.2, 0.25) is 0 Å². The molecule has 0 aromatic rings. The monoisotopic (exact) mass is 345 g/mol. The molecule has 2 aliphatic rings. The van der Waals surface area contributed by atoms with Gasteiger partial charge in [0.05, 0.1) is 18.3 Å². The molecule has 0 bridgehead atoms. The highest BCUT2D eigenvalue weighted by atomic mass is 32.2. The normalized spacial score (nSPS) is 29.2. The first kappa shape index (κ1) is 18.6. The summed E-state index contributed by atoms with van der Waals surface area (Å²) >= 11 is 0. The summed E-state index contributed by atoms with van der Waals surface area (Å²) in [7, 11) is -2.10. The van der Waals surface area contributed by atoms with E-state index < -0.39 is 15.8 Å². The van der Waals surface area contributed by atoms with Crippen molar-refractivity contribution in [2.75, 3.05) is 39.9 Å². The van der Waals surface area contributed by atoms with Gasteiger partial charge in [0.2, 0.25) is 0 Å². The van der Waals surface area contributed by atoms with Gasteiger partial charge in [0, 0.05) is 45.6 Å². The maximum absolute atomic E-state index is 12.9. The van der Waals surface area contributed by atoms with Gasteiger partial charge in [0.1, 0.15) is 0 Å². The molecule has 23 heavy (non-hydrogen) atoms. The second-order valence-corrected chi connectivity index (χ2v) is 8.39. The molecule has 2 rings (SSSR count). The Bertz CT molecular complexity index is 533. The summed E-state index contributed by atoms with van der Waals surface area (Å²) in [6.45, 7) is 1.42. The van der Waals surface area contributed by atoms with Crippen molar-refractivity contribution in [2.24, 2.45) is 5.92 Å². The third kappa shape index (κ3) is 4.22. The fourth-order valence-corrected chi connectivity index (χ4v) is 5.27. The molecule has 2 fully saturated rings. The average molecular weight is 345 g/mol. The summed E-state index contributed by atoms with van der Waals surface area (Å²) in [5.41, 5.74) is -0.700. The second kappa shape index (κ2) is 7.90. The molecule has 0 aromatic heterocycles. The molecule has 1 heterocycles. The van der Waals surface area contributed by atoms with E-state index in [-0.39, 0.29) is 25.4 Å². The molecule has 2 atom stereocenters. The Kier molecular flexibility index (Phi) is 6.40. The van der Waals surface area contributed by atoms with E-state index in [1.807, 2.05) is 6.07 Å². The van der Waals surface area contributed by atoms with E-state index in [1.54, 1.807) is 0 Å². The van der Waals surface area contributed by atoms with E-state index in [1.165, 1.54) is 15.7 Å². The lowest BCUT2D eigenvalue weighted by Gasteiger charge is -2.47. The molecule has 0 radical (unpaired) electrons. The van der Waals surface area contributed by atoms with Crippen molar-refractivity contribution in [2.45, 2.75) is 44.1 Å². The Morgan fingerprint density at radius 3 is 2.87 bits per heavy atom.